The van der Waals surface area contributed by atoms with Gasteiger partial charge in [0.05, 0.1) is 27.7 Å². The van der Waals surface area contributed by atoms with Crippen molar-refractivity contribution in [2.75, 3.05) is 24.6 Å². The van der Waals surface area contributed by atoms with Gasteiger partial charge in [-0.05, 0) is 55.0 Å². The quantitative estimate of drug-likeness (QED) is 0.469. The molecule has 0 spiro atoms. The molecule has 0 radical (unpaired) electrons. The Bertz CT molecular complexity index is 1140. The molecule has 168 valence electrons. The van der Waals surface area contributed by atoms with E-state index in [1.807, 2.05) is 12.1 Å². The normalized spacial score (nSPS) is 14.7. The van der Waals surface area contributed by atoms with Crippen LogP contribution in [-0.2, 0) is 0 Å². The second-order valence-corrected chi connectivity index (χ2v) is 9.83. The fourth-order valence-corrected chi connectivity index (χ4v) is 4.90. The van der Waals surface area contributed by atoms with Crippen LogP contribution in [-0.4, -0.2) is 51.3 Å². The zero-order valence-electron chi connectivity index (χ0n) is 17.7. The number of amides is 2. The van der Waals surface area contributed by atoms with Gasteiger partial charge < -0.3 is 15.2 Å². The summed E-state index contributed by atoms with van der Waals surface area (Å²) in [4.78, 5) is 35.4. The third-order valence-electron chi connectivity index (χ3n) is 5.44. The molecule has 1 aromatic heterocycles. The Labute approximate surface area is 201 Å². The van der Waals surface area contributed by atoms with Crippen LogP contribution in [0.4, 0.5) is 0 Å². The highest BCUT2D eigenvalue weighted by Crippen LogP contribution is 2.25. The molecule has 1 saturated heterocycles. The minimum absolute atomic E-state index is 0.0855. The molecule has 1 atom stereocenters. The first-order valence-corrected chi connectivity index (χ1v) is 12.5. The van der Waals surface area contributed by atoms with Crippen molar-refractivity contribution in [1.82, 2.24) is 20.2 Å². The van der Waals surface area contributed by atoms with Crippen LogP contribution >= 0.6 is 35.0 Å². The Morgan fingerprint density at radius 3 is 2.69 bits per heavy atom. The number of benzene rings is 2. The number of carbonyl (C=O) groups is 2. The second-order valence-electron chi connectivity index (χ2n) is 7.66. The number of H-pyrrole nitrogens is 1. The van der Waals surface area contributed by atoms with E-state index in [1.54, 1.807) is 40.9 Å². The van der Waals surface area contributed by atoms with Crippen molar-refractivity contribution in [3.8, 4) is 0 Å². The first kappa shape index (κ1) is 23.0. The lowest BCUT2D eigenvalue weighted by Crippen LogP contribution is -2.31. The Morgan fingerprint density at radius 1 is 1.19 bits per heavy atom. The van der Waals surface area contributed by atoms with Crippen LogP contribution in [0.25, 0.3) is 11.0 Å². The summed E-state index contributed by atoms with van der Waals surface area (Å²) in [5.74, 6) is 1.89. The number of hydrogen-bond acceptors (Lipinski definition) is 4. The summed E-state index contributed by atoms with van der Waals surface area (Å²) in [6, 6.07) is 9.97. The molecule has 4 rings (SSSR count). The number of imidazole rings is 1. The molecule has 1 aliphatic rings. The van der Waals surface area contributed by atoms with Crippen molar-refractivity contribution in [1.29, 1.82) is 0 Å². The summed E-state index contributed by atoms with van der Waals surface area (Å²) in [5, 5.41) is 3.95. The van der Waals surface area contributed by atoms with Crippen LogP contribution in [0.3, 0.4) is 0 Å². The molecule has 2 amide bonds. The number of nitrogens with zero attached hydrogens (tertiary/aromatic N) is 2. The summed E-state index contributed by atoms with van der Waals surface area (Å²) in [5.41, 5.74) is 2.44. The van der Waals surface area contributed by atoms with Crippen molar-refractivity contribution >= 4 is 57.8 Å². The molecule has 2 aromatic carbocycles. The topological polar surface area (TPSA) is 78.1 Å². The minimum Gasteiger partial charge on any atom is -0.341 e. The number of nitrogens with one attached hydrogen (secondary N) is 2. The number of aromatic amines is 1. The number of rotatable bonds is 7. The Morgan fingerprint density at radius 2 is 1.97 bits per heavy atom. The average molecular weight is 491 g/mol. The highest BCUT2D eigenvalue weighted by molar-refractivity contribution is 7.99. The van der Waals surface area contributed by atoms with Crippen molar-refractivity contribution in [2.45, 2.75) is 25.8 Å². The van der Waals surface area contributed by atoms with Crippen LogP contribution in [0.5, 0.6) is 0 Å². The van der Waals surface area contributed by atoms with Crippen LogP contribution in [0.2, 0.25) is 10.0 Å². The molecule has 32 heavy (non-hydrogen) atoms. The number of thioether (sulfide) groups is 1. The van der Waals surface area contributed by atoms with E-state index < -0.39 is 0 Å². The van der Waals surface area contributed by atoms with E-state index in [0.29, 0.717) is 27.7 Å². The van der Waals surface area contributed by atoms with Crippen LogP contribution < -0.4 is 5.32 Å². The van der Waals surface area contributed by atoms with Gasteiger partial charge >= 0.3 is 0 Å². The third-order valence-corrected chi connectivity index (χ3v) is 6.97. The first-order chi connectivity index (χ1) is 15.5. The highest BCUT2D eigenvalue weighted by atomic mass is 35.5. The van der Waals surface area contributed by atoms with Crippen molar-refractivity contribution < 1.29 is 9.59 Å². The Hall–Kier alpha value is -2.22. The van der Waals surface area contributed by atoms with Gasteiger partial charge in [0.25, 0.3) is 11.8 Å². The Balaban J connectivity index is 1.53. The van der Waals surface area contributed by atoms with Crippen molar-refractivity contribution in [3.63, 3.8) is 0 Å². The van der Waals surface area contributed by atoms with E-state index in [1.165, 1.54) is 0 Å². The number of aromatic nitrogens is 2. The van der Waals surface area contributed by atoms with Gasteiger partial charge in [0.2, 0.25) is 0 Å². The molecule has 2 heterocycles. The van der Waals surface area contributed by atoms with Gasteiger partial charge in [-0.2, -0.15) is 11.8 Å². The maximum atomic E-state index is 13.0. The van der Waals surface area contributed by atoms with E-state index in [4.69, 9.17) is 23.2 Å². The fourth-order valence-electron chi connectivity index (χ4n) is 3.75. The van der Waals surface area contributed by atoms with Gasteiger partial charge in [0.15, 0.2) is 0 Å². The molecular weight excluding hydrogens is 467 g/mol. The molecule has 0 saturated carbocycles. The molecule has 0 aliphatic carbocycles. The number of hydrogen-bond donors (Lipinski definition) is 2. The number of fused-ring (bicyclic) bond motifs is 1. The summed E-state index contributed by atoms with van der Waals surface area (Å²) < 4.78 is 0. The van der Waals surface area contributed by atoms with Crippen LogP contribution in [0, 0.1) is 0 Å². The van der Waals surface area contributed by atoms with Crippen LogP contribution in [0.1, 0.15) is 52.3 Å². The predicted molar refractivity (Wildman–Crippen MR) is 131 cm³/mol. The molecule has 0 unspecified atom stereocenters. The zero-order chi connectivity index (χ0) is 22.7. The Kier molecular flexibility index (Phi) is 7.28. The van der Waals surface area contributed by atoms with Gasteiger partial charge in [-0.15, -0.1) is 0 Å². The van der Waals surface area contributed by atoms with Gasteiger partial charge in [0.1, 0.15) is 5.82 Å². The van der Waals surface area contributed by atoms with Gasteiger partial charge in [-0.1, -0.05) is 30.1 Å². The van der Waals surface area contributed by atoms with Gasteiger partial charge in [-0.25, -0.2) is 4.98 Å². The molecule has 6 nitrogen and oxygen atoms in total. The average Bonchev–Trinajstić information content (AvgIpc) is 3.45. The van der Waals surface area contributed by atoms with E-state index in [-0.39, 0.29) is 22.9 Å². The number of carbonyl (C=O) groups excluding carboxylic acids is 2. The van der Waals surface area contributed by atoms with E-state index in [2.05, 4.69) is 22.2 Å². The second kappa shape index (κ2) is 10.1. The monoisotopic (exact) mass is 490 g/mol. The minimum atomic E-state index is -0.316. The van der Waals surface area contributed by atoms with Crippen LogP contribution in [0.15, 0.2) is 36.4 Å². The fraction of sp³-hybridized carbons (Fsp3) is 0.348. The van der Waals surface area contributed by atoms with Crippen molar-refractivity contribution in [3.05, 3.63) is 63.4 Å². The summed E-state index contributed by atoms with van der Waals surface area (Å²) in [6.45, 7) is 3.56. The lowest BCUT2D eigenvalue weighted by atomic mass is 10.1. The molecular formula is C23H24Cl2N4O2S. The molecule has 2 N–H and O–H groups in total. The number of halogens is 2. The SMILES string of the molecule is CCSC[C@H](NC(=O)c1ccc(C(=O)N2CCCC2)c(Cl)c1)c1nc2ccc(Cl)cc2[nH]1. The summed E-state index contributed by atoms with van der Waals surface area (Å²) >= 11 is 14.2. The molecule has 9 heteroatoms. The summed E-state index contributed by atoms with van der Waals surface area (Å²) in [6.07, 6.45) is 2.02. The zero-order valence-corrected chi connectivity index (χ0v) is 20.0. The lowest BCUT2D eigenvalue weighted by molar-refractivity contribution is 0.0792. The largest absolute Gasteiger partial charge is 0.341 e. The predicted octanol–water partition coefficient (Wildman–Crippen LogP) is 5.33. The van der Waals surface area contributed by atoms with E-state index in [0.717, 1.165) is 42.7 Å². The summed E-state index contributed by atoms with van der Waals surface area (Å²) in [7, 11) is 0. The molecule has 3 aromatic rings. The van der Waals surface area contributed by atoms with E-state index in [9.17, 15) is 9.59 Å². The maximum Gasteiger partial charge on any atom is 0.255 e. The van der Waals surface area contributed by atoms with E-state index >= 15 is 0 Å². The number of likely N-dealkylation sites (tertiary alicyclic amines) is 1. The molecule has 1 fully saturated rings. The third kappa shape index (κ3) is 5.05. The van der Waals surface area contributed by atoms with Crippen molar-refractivity contribution in [2.24, 2.45) is 0 Å². The van der Waals surface area contributed by atoms with Gasteiger partial charge in [-0.3, -0.25) is 9.59 Å². The smallest absolute Gasteiger partial charge is 0.255 e. The molecule has 1 aliphatic heterocycles. The maximum absolute atomic E-state index is 13.0. The standard InChI is InChI=1S/C23H24Cl2N4O2S/c1-2-32-13-20(21-26-18-8-6-15(24)12-19(18)27-21)28-22(30)14-5-7-16(17(25)11-14)23(31)29-9-3-4-10-29/h5-8,11-12,20H,2-4,9-10,13H2,1H3,(H,26,27)(H,28,30)/t20-/m0/s1. The lowest BCUT2D eigenvalue weighted by Gasteiger charge is -2.18. The molecule has 0 bridgehead atoms. The first-order valence-electron chi connectivity index (χ1n) is 10.6. The highest BCUT2D eigenvalue weighted by Gasteiger charge is 2.24. The van der Waals surface area contributed by atoms with Gasteiger partial charge in [0, 0.05) is 29.4 Å².